The molecule has 0 fully saturated rings. The van der Waals surface area contributed by atoms with Gasteiger partial charge in [0.05, 0.1) is 34.8 Å². The van der Waals surface area contributed by atoms with Crippen molar-refractivity contribution in [2.75, 3.05) is 19.6 Å². The molecule has 3 aromatic rings. The number of nitrogens with zero attached hydrogens (tertiary/aromatic N) is 2. The molecule has 0 unspecified atom stereocenters. The van der Waals surface area contributed by atoms with Gasteiger partial charge in [0.25, 0.3) is 5.56 Å². The van der Waals surface area contributed by atoms with Crippen LogP contribution in [-0.4, -0.2) is 30.2 Å². The summed E-state index contributed by atoms with van der Waals surface area (Å²) in [5, 5.41) is 9.99. The molecule has 1 atom stereocenters. The molecule has 0 amide bonds. The number of rotatable bonds is 5. The summed E-state index contributed by atoms with van der Waals surface area (Å²) in [5.41, 5.74) is 7.94. The first-order chi connectivity index (χ1) is 16.4. The molecule has 34 heavy (non-hydrogen) atoms. The zero-order valence-electron chi connectivity index (χ0n) is 18.7. The Morgan fingerprint density at radius 2 is 1.71 bits per heavy atom. The van der Waals surface area contributed by atoms with Gasteiger partial charge in [-0.05, 0) is 54.0 Å². The number of carbonyl (C=O) groups is 1. The quantitative estimate of drug-likeness (QED) is 0.419. The number of nitrogens with two attached hydrogens (primary N) is 1. The highest BCUT2D eigenvalue weighted by molar-refractivity contribution is 7.98. The molecule has 0 saturated carbocycles. The van der Waals surface area contributed by atoms with E-state index in [0.717, 1.165) is 20.9 Å². The summed E-state index contributed by atoms with van der Waals surface area (Å²) in [4.78, 5) is 28.5. The van der Waals surface area contributed by atoms with E-state index in [4.69, 9.17) is 10.5 Å². The van der Waals surface area contributed by atoms with Crippen LogP contribution in [0.25, 0.3) is 17.5 Å². The lowest BCUT2D eigenvalue weighted by Crippen LogP contribution is -2.40. The number of nitriles is 1. The molecule has 4 rings (SSSR count). The molecule has 0 bridgehead atoms. The van der Waals surface area contributed by atoms with Gasteiger partial charge >= 0.3 is 5.97 Å². The van der Waals surface area contributed by atoms with Crippen LogP contribution in [0, 0.1) is 11.3 Å². The van der Waals surface area contributed by atoms with Gasteiger partial charge in [-0.15, -0.1) is 34.9 Å². The van der Waals surface area contributed by atoms with Gasteiger partial charge < -0.3 is 10.5 Å². The molecule has 0 radical (unpaired) electrons. The highest BCUT2D eigenvalue weighted by atomic mass is 32.2. The summed E-state index contributed by atoms with van der Waals surface area (Å²) in [6.07, 6.45) is 5.73. The molecule has 172 valence electrons. The van der Waals surface area contributed by atoms with Crippen LogP contribution in [-0.2, 0) is 9.53 Å². The Kier molecular flexibility index (Phi) is 7.03. The highest BCUT2D eigenvalue weighted by Gasteiger charge is 2.36. The van der Waals surface area contributed by atoms with Crippen LogP contribution < -0.4 is 20.5 Å². The standard InChI is InChI=1S/C25H21N3O3S3/c1-31-25(30)21-20(15-6-10-17(33-3)11-7-15)18(13-26)22(27)28-23(29)19(34-24(21)28)12-14-4-8-16(32-2)9-5-14/h4-12,20H,27H2,1-3H3/t20-/m0/s1. The van der Waals surface area contributed by atoms with E-state index in [1.54, 1.807) is 29.6 Å². The number of methoxy groups -OCH3 is 1. The van der Waals surface area contributed by atoms with Crippen LogP contribution in [0.2, 0.25) is 0 Å². The molecule has 2 aromatic carbocycles. The SMILES string of the molecule is COC(=O)C1=c2sc(=Cc3ccc(SC)cc3)c(=O)n2C(N)=C(C#N)[C@@H]1c1ccc(SC)cc1. The van der Waals surface area contributed by atoms with Crippen molar-refractivity contribution in [1.29, 1.82) is 5.26 Å². The van der Waals surface area contributed by atoms with Gasteiger partial charge in [0.1, 0.15) is 10.5 Å². The van der Waals surface area contributed by atoms with Gasteiger partial charge in [-0.1, -0.05) is 24.3 Å². The van der Waals surface area contributed by atoms with E-state index in [1.807, 2.05) is 61.0 Å². The minimum atomic E-state index is -0.736. The van der Waals surface area contributed by atoms with Crippen LogP contribution in [0.4, 0.5) is 0 Å². The number of allylic oxidation sites excluding steroid dienone is 1. The summed E-state index contributed by atoms with van der Waals surface area (Å²) in [6.45, 7) is 0. The lowest BCUT2D eigenvalue weighted by atomic mass is 9.84. The number of aromatic nitrogens is 1. The third-order valence-corrected chi connectivity index (χ3v) is 8.13. The fourth-order valence-corrected chi connectivity index (χ4v) is 5.82. The lowest BCUT2D eigenvalue weighted by Gasteiger charge is -2.24. The molecule has 0 spiro atoms. The first-order valence-electron chi connectivity index (χ1n) is 10.2. The average Bonchev–Trinajstić information content (AvgIpc) is 3.19. The zero-order chi connectivity index (χ0) is 24.4. The molecular weight excluding hydrogens is 486 g/mol. The second kappa shape index (κ2) is 9.97. The van der Waals surface area contributed by atoms with Crippen molar-refractivity contribution in [2.45, 2.75) is 15.7 Å². The highest BCUT2D eigenvalue weighted by Crippen LogP contribution is 2.37. The second-order valence-corrected chi connectivity index (χ2v) is 10.1. The Hall–Kier alpha value is -3.19. The van der Waals surface area contributed by atoms with Gasteiger partial charge in [-0.25, -0.2) is 4.79 Å². The molecule has 2 heterocycles. The number of thiazole rings is 1. The van der Waals surface area contributed by atoms with E-state index in [0.29, 0.717) is 9.20 Å². The number of esters is 1. The maximum Gasteiger partial charge on any atom is 0.337 e. The largest absolute Gasteiger partial charge is 0.466 e. The Bertz CT molecular complexity index is 1510. The maximum absolute atomic E-state index is 13.3. The summed E-state index contributed by atoms with van der Waals surface area (Å²) < 4.78 is 7.13. The fraction of sp³-hybridized carbons (Fsp3) is 0.160. The van der Waals surface area contributed by atoms with Crippen molar-refractivity contribution in [3.05, 3.63) is 84.8 Å². The van der Waals surface area contributed by atoms with Crippen LogP contribution in [0.3, 0.4) is 0 Å². The number of hydrogen-bond donors (Lipinski definition) is 1. The topological polar surface area (TPSA) is 98.1 Å². The minimum absolute atomic E-state index is 0.0303. The van der Waals surface area contributed by atoms with E-state index < -0.39 is 11.9 Å². The van der Waals surface area contributed by atoms with E-state index >= 15 is 0 Å². The first-order valence-corrected chi connectivity index (χ1v) is 13.4. The van der Waals surface area contributed by atoms with E-state index in [1.165, 1.54) is 23.0 Å². The van der Waals surface area contributed by atoms with Crippen LogP contribution in [0.1, 0.15) is 17.0 Å². The number of fused-ring (bicyclic) bond motifs is 1. The zero-order valence-corrected chi connectivity index (χ0v) is 21.1. The Labute approximate surface area is 209 Å². The third-order valence-electron chi connectivity index (χ3n) is 5.54. The third kappa shape index (κ3) is 4.20. The number of thioether (sulfide) groups is 2. The van der Waals surface area contributed by atoms with Crippen molar-refractivity contribution in [1.82, 2.24) is 4.57 Å². The van der Waals surface area contributed by atoms with Gasteiger partial charge in [-0.3, -0.25) is 9.36 Å². The smallest absolute Gasteiger partial charge is 0.337 e. The van der Waals surface area contributed by atoms with Gasteiger partial charge in [0.15, 0.2) is 0 Å². The van der Waals surface area contributed by atoms with E-state index in [2.05, 4.69) is 6.07 Å². The predicted molar refractivity (Wildman–Crippen MR) is 139 cm³/mol. The Morgan fingerprint density at radius 3 is 2.24 bits per heavy atom. The molecule has 0 aliphatic carbocycles. The van der Waals surface area contributed by atoms with Crippen LogP contribution in [0.5, 0.6) is 0 Å². The van der Waals surface area contributed by atoms with Crippen LogP contribution >= 0.6 is 34.9 Å². The van der Waals surface area contributed by atoms with Crippen molar-refractivity contribution in [2.24, 2.45) is 5.73 Å². The van der Waals surface area contributed by atoms with Crippen molar-refractivity contribution < 1.29 is 9.53 Å². The van der Waals surface area contributed by atoms with Gasteiger partial charge in [-0.2, -0.15) is 5.26 Å². The second-order valence-electron chi connectivity index (χ2n) is 7.35. The number of hydrogen-bond acceptors (Lipinski definition) is 8. The summed E-state index contributed by atoms with van der Waals surface area (Å²) in [7, 11) is 1.29. The molecule has 6 nitrogen and oxygen atoms in total. The molecule has 1 aliphatic rings. The lowest BCUT2D eigenvalue weighted by molar-refractivity contribution is -0.134. The minimum Gasteiger partial charge on any atom is -0.466 e. The number of benzene rings is 2. The van der Waals surface area contributed by atoms with E-state index in [9.17, 15) is 14.9 Å². The van der Waals surface area contributed by atoms with Gasteiger partial charge in [0.2, 0.25) is 0 Å². The monoisotopic (exact) mass is 507 g/mol. The number of carbonyl (C=O) groups excluding carboxylic acids is 1. The first kappa shape index (κ1) is 24.0. The molecule has 1 aliphatic heterocycles. The van der Waals surface area contributed by atoms with Crippen molar-refractivity contribution >= 4 is 58.3 Å². The van der Waals surface area contributed by atoms with Gasteiger partial charge in [0, 0.05) is 9.79 Å². The Balaban J connectivity index is 2.03. The normalized spacial score (nSPS) is 15.8. The van der Waals surface area contributed by atoms with Crippen molar-refractivity contribution in [3.8, 4) is 6.07 Å². The molecule has 2 N–H and O–H groups in total. The summed E-state index contributed by atoms with van der Waals surface area (Å²) in [6, 6.07) is 17.5. The summed E-state index contributed by atoms with van der Waals surface area (Å²) >= 11 is 4.39. The summed E-state index contributed by atoms with van der Waals surface area (Å²) in [5.74, 6) is -1.31. The molecule has 1 aromatic heterocycles. The average molecular weight is 508 g/mol. The fourth-order valence-electron chi connectivity index (χ4n) is 3.84. The molecule has 9 heteroatoms. The number of ether oxygens (including phenoxy) is 1. The Morgan fingerprint density at radius 1 is 1.12 bits per heavy atom. The predicted octanol–water partition coefficient (Wildman–Crippen LogP) is 2.95. The van der Waals surface area contributed by atoms with Crippen LogP contribution in [0.15, 0.2) is 68.7 Å². The maximum atomic E-state index is 13.3. The molecule has 0 saturated heterocycles. The molecular formula is C25H21N3O3S3. The van der Waals surface area contributed by atoms with E-state index in [-0.39, 0.29) is 22.5 Å². The van der Waals surface area contributed by atoms with Crippen molar-refractivity contribution in [3.63, 3.8) is 0 Å².